The van der Waals surface area contributed by atoms with Crippen molar-refractivity contribution < 1.29 is 33.1 Å². The van der Waals surface area contributed by atoms with Gasteiger partial charge in [-0.15, -0.1) is 0 Å². The summed E-state index contributed by atoms with van der Waals surface area (Å²) in [4.78, 5) is 34.2. The fraction of sp³-hybridized carbons (Fsp3) is 0.263. The van der Waals surface area contributed by atoms with Crippen LogP contribution < -0.4 is 14.8 Å². The van der Waals surface area contributed by atoms with Gasteiger partial charge in [-0.05, 0) is 32.0 Å². The Hall–Kier alpha value is -3.40. The van der Waals surface area contributed by atoms with Crippen LogP contribution in [0.3, 0.4) is 0 Å². The molecular formula is C19H18ClFN2O7. The number of carbonyl (C=O) groups excluding carboxylic acids is 2. The number of carbonyl (C=O) groups is 2. The number of nitrogens with zero attached hydrogens (tertiary/aromatic N) is 1. The molecule has 0 bridgehead atoms. The van der Waals surface area contributed by atoms with Crippen LogP contribution >= 0.6 is 11.6 Å². The second kappa shape index (κ2) is 9.88. The van der Waals surface area contributed by atoms with Crippen molar-refractivity contribution >= 4 is 34.9 Å². The molecule has 0 unspecified atom stereocenters. The lowest BCUT2D eigenvalue weighted by Gasteiger charge is -2.16. The third-order valence-electron chi connectivity index (χ3n) is 3.59. The van der Waals surface area contributed by atoms with Crippen molar-refractivity contribution in [2.24, 2.45) is 0 Å². The summed E-state index contributed by atoms with van der Waals surface area (Å²) in [5.74, 6) is -2.20. The van der Waals surface area contributed by atoms with Gasteiger partial charge in [-0.1, -0.05) is 11.6 Å². The van der Waals surface area contributed by atoms with Gasteiger partial charge in [0.1, 0.15) is 5.82 Å². The Balaban J connectivity index is 2.07. The number of nitrogens with one attached hydrogen (secondary N) is 1. The van der Waals surface area contributed by atoms with Crippen LogP contribution in [0.4, 0.5) is 15.8 Å². The Morgan fingerprint density at radius 2 is 1.97 bits per heavy atom. The van der Waals surface area contributed by atoms with E-state index in [1.807, 2.05) is 0 Å². The molecule has 0 spiro atoms. The van der Waals surface area contributed by atoms with Gasteiger partial charge >= 0.3 is 5.97 Å². The van der Waals surface area contributed by atoms with Crippen LogP contribution in [0.25, 0.3) is 0 Å². The van der Waals surface area contributed by atoms with Crippen molar-refractivity contribution in [1.29, 1.82) is 0 Å². The quantitative estimate of drug-likeness (QED) is 0.375. The third kappa shape index (κ3) is 5.80. The van der Waals surface area contributed by atoms with E-state index >= 15 is 0 Å². The number of esters is 1. The van der Waals surface area contributed by atoms with Crippen LogP contribution in [0, 0.1) is 15.9 Å². The number of methoxy groups -OCH3 is 1. The maximum Gasteiger partial charge on any atom is 0.338 e. The van der Waals surface area contributed by atoms with Crippen LogP contribution in [-0.2, 0) is 9.53 Å². The van der Waals surface area contributed by atoms with Crippen molar-refractivity contribution in [2.45, 2.75) is 20.0 Å². The number of benzene rings is 2. The molecule has 0 aliphatic carbocycles. The van der Waals surface area contributed by atoms with Gasteiger partial charge in [0, 0.05) is 12.1 Å². The lowest BCUT2D eigenvalue weighted by Crippen LogP contribution is -2.21. The zero-order valence-electron chi connectivity index (χ0n) is 16.2. The highest BCUT2D eigenvalue weighted by Crippen LogP contribution is 2.37. The van der Waals surface area contributed by atoms with E-state index in [9.17, 15) is 24.1 Å². The van der Waals surface area contributed by atoms with Crippen LogP contribution in [0.15, 0.2) is 30.3 Å². The van der Waals surface area contributed by atoms with E-state index in [2.05, 4.69) is 5.32 Å². The number of anilines is 1. The number of non-ortho nitro benzene ring substituents is 1. The molecule has 0 aliphatic heterocycles. The Morgan fingerprint density at radius 3 is 2.57 bits per heavy atom. The minimum atomic E-state index is -0.888. The van der Waals surface area contributed by atoms with Crippen molar-refractivity contribution in [1.82, 2.24) is 0 Å². The van der Waals surface area contributed by atoms with Crippen LogP contribution in [-0.4, -0.2) is 36.6 Å². The summed E-state index contributed by atoms with van der Waals surface area (Å²) in [6.07, 6.45) is -0.188. The van der Waals surface area contributed by atoms with Crippen LogP contribution in [0.2, 0.25) is 5.02 Å². The first-order valence-electron chi connectivity index (χ1n) is 8.57. The number of rotatable bonds is 8. The molecule has 2 aromatic rings. The second-order valence-corrected chi connectivity index (χ2v) is 6.61. The van der Waals surface area contributed by atoms with Gasteiger partial charge in [-0.25, -0.2) is 9.18 Å². The summed E-state index contributed by atoms with van der Waals surface area (Å²) in [6, 6.07) is 5.28. The maximum atomic E-state index is 13.7. The molecule has 11 heteroatoms. The van der Waals surface area contributed by atoms with Gasteiger partial charge in [-0.3, -0.25) is 14.9 Å². The molecule has 0 saturated heterocycles. The molecule has 0 radical (unpaired) electrons. The monoisotopic (exact) mass is 440 g/mol. The van der Waals surface area contributed by atoms with Crippen molar-refractivity contribution in [3.63, 3.8) is 0 Å². The van der Waals surface area contributed by atoms with Gasteiger partial charge in [0.05, 0.1) is 34.4 Å². The molecule has 0 aliphatic rings. The highest BCUT2D eigenvalue weighted by Gasteiger charge is 2.19. The molecule has 0 fully saturated rings. The van der Waals surface area contributed by atoms with E-state index in [1.165, 1.54) is 19.2 Å². The minimum Gasteiger partial charge on any atom is -0.493 e. The van der Waals surface area contributed by atoms with Crippen molar-refractivity contribution in [2.75, 3.05) is 19.0 Å². The molecule has 9 nitrogen and oxygen atoms in total. The molecule has 0 atom stereocenters. The SMILES string of the molecule is COc1cc(C(=O)OCC(=O)Nc2cc([N+](=O)[O-])ccc2F)cc(Cl)c1OC(C)C. The highest BCUT2D eigenvalue weighted by atomic mass is 35.5. The molecular weight excluding hydrogens is 423 g/mol. The zero-order valence-corrected chi connectivity index (χ0v) is 17.0. The van der Waals surface area contributed by atoms with E-state index in [0.717, 1.165) is 18.2 Å². The van der Waals surface area contributed by atoms with Gasteiger partial charge in [-0.2, -0.15) is 0 Å². The van der Waals surface area contributed by atoms with E-state index in [-0.39, 0.29) is 28.2 Å². The topological polar surface area (TPSA) is 117 Å². The van der Waals surface area contributed by atoms with Gasteiger partial charge in [0.2, 0.25) is 0 Å². The summed E-state index contributed by atoms with van der Waals surface area (Å²) in [5, 5.41) is 13.0. The number of hydrogen-bond acceptors (Lipinski definition) is 7. The summed E-state index contributed by atoms with van der Waals surface area (Å²) < 4.78 is 29.3. The molecule has 2 aromatic carbocycles. The molecule has 160 valence electrons. The number of halogens is 2. The fourth-order valence-electron chi connectivity index (χ4n) is 2.31. The molecule has 30 heavy (non-hydrogen) atoms. The smallest absolute Gasteiger partial charge is 0.338 e. The second-order valence-electron chi connectivity index (χ2n) is 6.20. The fourth-order valence-corrected chi connectivity index (χ4v) is 2.57. The number of nitro benzene ring substituents is 1. The molecule has 1 N–H and O–H groups in total. The standard InChI is InChI=1S/C19H18ClFN2O7/c1-10(2)30-18-13(20)6-11(7-16(18)28-3)19(25)29-9-17(24)22-15-8-12(23(26)27)4-5-14(15)21/h4-8,10H,9H2,1-3H3,(H,22,24). The molecule has 0 saturated carbocycles. The number of ether oxygens (including phenoxy) is 3. The highest BCUT2D eigenvalue weighted by molar-refractivity contribution is 6.32. The van der Waals surface area contributed by atoms with E-state index in [1.54, 1.807) is 13.8 Å². The largest absolute Gasteiger partial charge is 0.493 e. The predicted octanol–water partition coefficient (Wildman–Crippen LogP) is 3.98. The number of amides is 1. The van der Waals surface area contributed by atoms with Gasteiger partial charge in [0.25, 0.3) is 11.6 Å². The minimum absolute atomic E-state index is 0.00212. The van der Waals surface area contributed by atoms with E-state index < -0.39 is 40.6 Å². The Labute approximate surface area is 175 Å². The Kier molecular flexibility index (Phi) is 7.54. The lowest BCUT2D eigenvalue weighted by molar-refractivity contribution is -0.384. The molecule has 0 aromatic heterocycles. The first-order chi connectivity index (χ1) is 14.1. The summed E-state index contributed by atoms with van der Waals surface area (Å²) in [5.41, 5.74) is -0.818. The summed E-state index contributed by atoms with van der Waals surface area (Å²) >= 11 is 6.14. The first-order valence-corrected chi connectivity index (χ1v) is 8.95. The van der Waals surface area contributed by atoms with Gasteiger partial charge in [0.15, 0.2) is 18.1 Å². The zero-order chi connectivity index (χ0) is 22.4. The normalized spacial score (nSPS) is 10.5. The Bertz CT molecular complexity index is 982. The average molecular weight is 441 g/mol. The number of hydrogen-bond donors (Lipinski definition) is 1. The Morgan fingerprint density at radius 1 is 1.27 bits per heavy atom. The molecule has 1 amide bonds. The number of nitro groups is 1. The van der Waals surface area contributed by atoms with Crippen molar-refractivity contribution in [3.05, 3.63) is 56.8 Å². The average Bonchev–Trinajstić information content (AvgIpc) is 2.68. The predicted molar refractivity (Wildman–Crippen MR) is 106 cm³/mol. The van der Waals surface area contributed by atoms with Crippen LogP contribution in [0.5, 0.6) is 11.5 Å². The van der Waals surface area contributed by atoms with Crippen molar-refractivity contribution in [3.8, 4) is 11.5 Å². The first kappa shape index (κ1) is 22.9. The van der Waals surface area contributed by atoms with E-state index in [4.69, 9.17) is 25.8 Å². The summed E-state index contributed by atoms with van der Waals surface area (Å²) in [6.45, 7) is 2.83. The van der Waals surface area contributed by atoms with Crippen LogP contribution in [0.1, 0.15) is 24.2 Å². The third-order valence-corrected chi connectivity index (χ3v) is 3.87. The van der Waals surface area contributed by atoms with Gasteiger partial charge < -0.3 is 19.5 Å². The summed E-state index contributed by atoms with van der Waals surface area (Å²) in [7, 11) is 1.37. The maximum absolute atomic E-state index is 13.7. The molecule has 2 rings (SSSR count). The van der Waals surface area contributed by atoms with E-state index in [0.29, 0.717) is 0 Å². The lowest BCUT2D eigenvalue weighted by atomic mass is 10.2. The molecule has 0 heterocycles.